The Morgan fingerprint density at radius 1 is 1.20 bits per heavy atom. The zero-order valence-electron chi connectivity index (χ0n) is 9.28. The van der Waals surface area contributed by atoms with Crippen molar-refractivity contribution in [3.8, 4) is 6.07 Å². The summed E-state index contributed by atoms with van der Waals surface area (Å²) in [7, 11) is 0. The highest BCUT2D eigenvalue weighted by Crippen LogP contribution is 2.18. The first kappa shape index (κ1) is 11.2. The van der Waals surface area contributed by atoms with Gasteiger partial charge in [0.15, 0.2) is 0 Å². The molecule has 1 aromatic carbocycles. The predicted octanol–water partition coefficient (Wildman–Crippen LogP) is 3.44. The Morgan fingerprint density at radius 3 is 2.53 bits per heavy atom. The van der Waals surface area contributed by atoms with Crippen molar-refractivity contribution < 1.29 is 0 Å². The predicted molar refractivity (Wildman–Crippen MR) is 62.5 cm³/mol. The van der Waals surface area contributed by atoms with Crippen LogP contribution in [0.2, 0.25) is 0 Å². The van der Waals surface area contributed by atoms with Crippen LogP contribution in [0.25, 0.3) is 10.9 Å². The molecule has 0 aliphatic heterocycles. The summed E-state index contributed by atoms with van der Waals surface area (Å²) in [5.74, 6) is 0. The lowest BCUT2D eigenvalue weighted by atomic mass is 10.1. The Bertz CT molecular complexity index is 495. The second-order valence-electron chi connectivity index (χ2n) is 2.93. The third kappa shape index (κ3) is 2.13. The summed E-state index contributed by atoms with van der Waals surface area (Å²) in [5.41, 5.74) is 2.60. The van der Waals surface area contributed by atoms with Gasteiger partial charge in [0.1, 0.15) is 6.07 Å². The van der Waals surface area contributed by atoms with Gasteiger partial charge in [-0.25, -0.2) is 0 Å². The standard InChI is InChI=1S/C11H8N2.C2H6/c1-8-9(6-12)7-13-11-5-3-2-4-10(8)11;1-2/h2-5,7H,1H3;1-2H3. The van der Waals surface area contributed by atoms with Crippen LogP contribution in [0.4, 0.5) is 0 Å². The molecule has 1 aromatic heterocycles. The van der Waals surface area contributed by atoms with E-state index in [4.69, 9.17) is 5.26 Å². The van der Waals surface area contributed by atoms with E-state index in [2.05, 4.69) is 11.1 Å². The van der Waals surface area contributed by atoms with Crippen molar-refractivity contribution in [2.24, 2.45) is 0 Å². The fourth-order valence-electron chi connectivity index (χ4n) is 1.39. The molecule has 76 valence electrons. The van der Waals surface area contributed by atoms with Crippen LogP contribution in [0.5, 0.6) is 0 Å². The molecule has 0 atom stereocenters. The van der Waals surface area contributed by atoms with Crippen LogP contribution in [0.3, 0.4) is 0 Å². The summed E-state index contributed by atoms with van der Waals surface area (Å²) in [6, 6.07) is 9.96. The third-order valence-corrected chi connectivity index (χ3v) is 2.17. The van der Waals surface area contributed by atoms with Crippen molar-refractivity contribution in [2.45, 2.75) is 20.8 Å². The number of fused-ring (bicyclic) bond motifs is 1. The Kier molecular flexibility index (Phi) is 3.82. The highest BCUT2D eigenvalue weighted by atomic mass is 14.7. The van der Waals surface area contributed by atoms with E-state index in [0.29, 0.717) is 5.56 Å². The number of benzene rings is 1. The van der Waals surface area contributed by atoms with Crippen molar-refractivity contribution in [2.75, 3.05) is 0 Å². The lowest BCUT2D eigenvalue weighted by Crippen LogP contribution is -1.87. The molecule has 15 heavy (non-hydrogen) atoms. The molecule has 0 aliphatic carbocycles. The Balaban J connectivity index is 0.000000531. The van der Waals surface area contributed by atoms with Gasteiger partial charge >= 0.3 is 0 Å². The second-order valence-corrected chi connectivity index (χ2v) is 2.93. The van der Waals surface area contributed by atoms with Crippen LogP contribution in [0.15, 0.2) is 30.5 Å². The summed E-state index contributed by atoms with van der Waals surface area (Å²) in [4.78, 5) is 4.19. The molecule has 0 saturated carbocycles. The zero-order valence-corrected chi connectivity index (χ0v) is 9.28. The number of rotatable bonds is 0. The Labute approximate surface area is 90.2 Å². The maximum Gasteiger partial charge on any atom is 0.101 e. The van der Waals surface area contributed by atoms with E-state index in [9.17, 15) is 0 Å². The maximum atomic E-state index is 8.79. The molecule has 0 fully saturated rings. The highest BCUT2D eigenvalue weighted by Gasteiger charge is 2.02. The minimum Gasteiger partial charge on any atom is -0.255 e. The van der Waals surface area contributed by atoms with Gasteiger partial charge < -0.3 is 0 Å². The number of pyridine rings is 1. The number of nitrogens with zero attached hydrogens (tertiary/aromatic N) is 2. The Hall–Kier alpha value is -1.88. The topological polar surface area (TPSA) is 36.7 Å². The molecule has 2 aromatic rings. The largest absolute Gasteiger partial charge is 0.255 e. The number of nitriles is 1. The molecule has 0 aliphatic rings. The van der Waals surface area contributed by atoms with Crippen molar-refractivity contribution >= 4 is 10.9 Å². The third-order valence-electron chi connectivity index (χ3n) is 2.17. The van der Waals surface area contributed by atoms with Gasteiger partial charge in [-0.05, 0) is 18.6 Å². The van der Waals surface area contributed by atoms with Gasteiger partial charge in [0, 0.05) is 11.6 Å². The average molecular weight is 198 g/mol. The summed E-state index contributed by atoms with van der Waals surface area (Å²) in [6.07, 6.45) is 1.62. The monoisotopic (exact) mass is 198 g/mol. The van der Waals surface area contributed by atoms with Gasteiger partial charge in [-0.1, -0.05) is 32.0 Å². The molecule has 0 saturated heterocycles. The van der Waals surface area contributed by atoms with Crippen LogP contribution >= 0.6 is 0 Å². The first-order chi connectivity index (χ1) is 7.33. The van der Waals surface area contributed by atoms with Gasteiger partial charge in [-0.2, -0.15) is 5.26 Å². The smallest absolute Gasteiger partial charge is 0.101 e. The summed E-state index contributed by atoms with van der Waals surface area (Å²) in [5, 5.41) is 9.84. The van der Waals surface area contributed by atoms with Crippen LogP contribution in [-0.2, 0) is 0 Å². The summed E-state index contributed by atoms with van der Waals surface area (Å²) >= 11 is 0. The molecule has 0 amide bonds. The number of aromatic nitrogens is 1. The van der Waals surface area contributed by atoms with Crippen molar-refractivity contribution in [1.29, 1.82) is 5.26 Å². The Morgan fingerprint density at radius 2 is 1.87 bits per heavy atom. The van der Waals surface area contributed by atoms with Gasteiger partial charge in [0.25, 0.3) is 0 Å². The van der Waals surface area contributed by atoms with E-state index in [1.807, 2.05) is 45.0 Å². The van der Waals surface area contributed by atoms with Gasteiger partial charge in [0.2, 0.25) is 0 Å². The fraction of sp³-hybridized carbons (Fsp3) is 0.231. The van der Waals surface area contributed by atoms with Gasteiger partial charge in [0.05, 0.1) is 11.1 Å². The average Bonchev–Trinajstić information content (AvgIpc) is 2.33. The normalized spacial score (nSPS) is 8.93. The van der Waals surface area contributed by atoms with Gasteiger partial charge in [-0.3, -0.25) is 4.98 Å². The number of aryl methyl sites for hydroxylation is 1. The minimum absolute atomic E-state index is 0.652. The molecule has 0 unspecified atom stereocenters. The van der Waals surface area contributed by atoms with Crippen LogP contribution < -0.4 is 0 Å². The number of hydrogen-bond donors (Lipinski definition) is 0. The quantitative estimate of drug-likeness (QED) is 0.650. The molecule has 0 N–H and O–H groups in total. The fourth-order valence-corrected chi connectivity index (χ4v) is 1.39. The summed E-state index contributed by atoms with van der Waals surface area (Å²) in [6.45, 7) is 5.95. The molecule has 2 nitrogen and oxygen atoms in total. The summed E-state index contributed by atoms with van der Waals surface area (Å²) < 4.78 is 0. The molecular formula is C13H14N2. The molecule has 0 bridgehead atoms. The zero-order chi connectivity index (χ0) is 11.3. The minimum atomic E-state index is 0.652. The molecule has 2 heteroatoms. The molecule has 2 rings (SSSR count). The van der Waals surface area contributed by atoms with E-state index in [-0.39, 0.29) is 0 Å². The van der Waals surface area contributed by atoms with Crippen molar-refractivity contribution in [3.05, 3.63) is 41.6 Å². The van der Waals surface area contributed by atoms with E-state index in [1.54, 1.807) is 6.20 Å². The number of para-hydroxylation sites is 1. The molecule has 0 radical (unpaired) electrons. The number of hydrogen-bond acceptors (Lipinski definition) is 2. The molecule has 0 spiro atoms. The lowest BCUT2D eigenvalue weighted by molar-refractivity contribution is 1.32. The maximum absolute atomic E-state index is 8.79. The molecule has 1 heterocycles. The van der Waals surface area contributed by atoms with E-state index in [1.165, 1.54) is 0 Å². The second kappa shape index (κ2) is 5.11. The van der Waals surface area contributed by atoms with Gasteiger partial charge in [-0.15, -0.1) is 0 Å². The van der Waals surface area contributed by atoms with Crippen LogP contribution in [-0.4, -0.2) is 4.98 Å². The lowest BCUT2D eigenvalue weighted by Gasteiger charge is -2.01. The van der Waals surface area contributed by atoms with Crippen LogP contribution in [0.1, 0.15) is 25.0 Å². The van der Waals surface area contributed by atoms with Crippen molar-refractivity contribution in [3.63, 3.8) is 0 Å². The molecular weight excluding hydrogens is 184 g/mol. The van der Waals surface area contributed by atoms with Crippen LogP contribution in [0, 0.1) is 18.3 Å². The van der Waals surface area contributed by atoms with E-state index < -0.39 is 0 Å². The van der Waals surface area contributed by atoms with E-state index >= 15 is 0 Å². The first-order valence-corrected chi connectivity index (χ1v) is 5.07. The van der Waals surface area contributed by atoms with Crippen molar-refractivity contribution in [1.82, 2.24) is 4.98 Å². The first-order valence-electron chi connectivity index (χ1n) is 5.07. The van der Waals surface area contributed by atoms with E-state index in [0.717, 1.165) is 16.5 Å². The highest BCUT2D eigenvalue weighted by molar-refractivity contribution is 5.83. The SMILES string of the molecule is CC.Cc1c(C#N)cnc2ccccc12.